The predicted molar refractivity (Wildman–Crippen MR) is 151 cm³/mol. The van der Waals surface area contributed by atoms with Crippen LogP contribution < -0.4 is 19.1 Å². The highest BCUT2D eigenvalue weighted by molar-refractivity contribution is 7.92. The van der Waals surface area contributed by atoms with Gasteiger partial charge in [0.2, 0.25) is 21.8 Å². The van der Waals surface area contributed by atoms with E-state index >= 15 is 0 Å². The van der Waals surface area contributed by atoms with Crippen molar-refractivity contribution in [3.8, 4) is 11.5 Å². The number of carbonyl (C=O) groups excluding carboxylic acids is 2. The number of hydrogen-bond donors (Lipinski definition) is 1. The van der Waals surface area contributed by atoms with Gasteiger partial charge in [0.1, 0.15) is 12.6 Å². The SMILES string of the molecule is CC[C@H](C(=O)N[C@@H](C)CC)N(Cc1ccc(Cl)cc1Cl)C(=O)CN(c1ccc(OC)c(OC)c1)S(C)(=O)=O. The summed E-state index contributed by atoms with van der Waals surface area (Å²) in [5, 5.41) is 3.67. The van der Waals surface area contributed by atoms with Crippen molar-refractivity contribution in [2.45, 2.75) is 52.2 Å². The smallest absolute Gasteiger partial charge is 0.244 e. The highest BCUT2D eigenvalue weighted by Gasteiger charge is 2.32. The summed E-state index contributed by atoms with van der Waals surface area (Å²) >= 11 is 12.4. The molecule has 0 aliphatic carbocycles. The van der Waals surface area contributed by atoms with Gasteiger partial charge in [0, 0.05) is 28.7 Å². The predicted octanol–water partition coefficient (Wildman–Crippen LogP) is 4.50. The molecule has 2 rings (SSSR count). The largest absolute Gasteiger partial charge is 0.493 e. The summed E-state index contributed by atoms with van der Waals surface area (Å²) in [5.41, 5.74) is 0.774. The van der Waals surface area contributed by atoms with Gasteiger partial charge in [-0.2, -0.15) is 0 Å². The number of halogens is 2. The van der Waals surface area contributed by atoms with E-state index in [2.05, 4.69) is 5.32 Å². The highest BCUT2D eigenvalue weighted by Crippen LogP contribution is 2.32. The van der Waals surface area contributed by atoms with E-state index in [1.165, 1.54) is 31.3 Å². The Hall–Kier alpha value is -2.69. The molecule has 0 heterocycles. The van der Waals surface area contributed by atoms with E-state index in [0.717, 1.165) is 10.6 Å². The van der Waals surface area contributed by atoms with E-state index in [9.17, 15) is 18.0 Å². The van der Waals surface area contributed by atoms with Gasteiger partial charge in [-0.15, -0.1) is 0 Å². The Balaban J connectivity index is 2.52. The summed E-state index contributed by atoms with van der Waals surface area (Å²) in [5.74, 6) is -0.210. The summed E-state index contributed by atoms with van der Waals surface area (Å²) in [6.07, 6.45) is 2.01. The van der Waals surface area contributed by atoms with Crippen LogP contribution in [-0.2, 0) is 26.2 Å². The van der Waals surface area contributed by atoms with Crippen molar-refractivity contribution < 1.29 is 27.5 Å². The molecular formula is C26H35Cl2N3O6S. The summed E-state index contributed by atoms with van der Waals surface area (Å²) < 4.78 is 37.2. The quantitative estimate of drug-likeness (QED) is 0.370. The van der Waals surface area contributed by atoms with Crippen LogP contribution in [0.25, 0.3) is 0 Å². The van der Waals surface area contributed by atoms with Crippen molar-refractivity contribution in [2.75, 3.05) is 31.3 Å². The molecule has 0 spiro atoms. The second kappa shape index (κ2) is 13.9. The van der Waals surface area contributed by atoms with Crippen molar-refractivity contribution >= 4 is 50.7 Å². The third-order valence-electron chi connectivity index (χ3n) is 6.08. The standard InChI is InChI=1S/C26H35Cl2N3O6S/c1-7-17(3)29-26(33)22(8-2)30(15-18-9-10-19(27)13-21(18)28)25(32)16-31(38(6,34)35)20-11-12-23(36-4)24(14-20)37-5/h9-14,17,22H,7-8,15-16H2,1-6H3,(H,29,33)/t17-,22+/m0/s1. The first-order valence-corrected chi connectivity index (χ1v) is 14.7. The fourth-order valence-electron chi connectivity index (χ4n) is 3.79. The van der Waals surface area contributed by atoms with Crippen LogP contribution in [0.15, 0.2) is 36.4 Å². The van der Waals surface area contributed by atoms with E-state index in [1.807, 2.05) is 13.8 Å². The molecule has 0 bridgehead atoms. The molecule has 0 aliphatic rings. The molecule has 2 amide bonds. The van der Waals surface area contributed by atoms with E-state index in [1.54, 1.807) is 31.2 Å². The zero-order chi connectivity index (χ0) is 28.6. The zero-order valence-corrected chi connectivity index (χ0v) is 24.8. The molecule has 0 saturated heterocycles. The zero-order valence-electron chi connectivity index (χ0n) is 22.5. The van der Waals surface area contributed by atoms with Gasteiger partial charge in [-0.05, 0) is 49.6 Å². The van der Waals surface area contributed by atoms with Crippen LogP contribution in [0.4, 0.5) is 5.69 Å². The van der Waals surface area contributed by atoms with Crippen molar-refractivity contribution in [1.82, 2.24) is 10.2 Å². The summed E-state index contributed by atoms with van der Waals surface area (Å²) in [6.45, 7) is 5.02. The van der Waals surface area contributed by atoms with E-state index in [4.69, 9.17) is 32.7 Å². The number of benzene rings is 2. The second-order valence-corrected chi connectivity index (χ2v) is 11.6. The third kappa shape index (κ3) is 8.15. The highest BCUT2D eigenvalue weighted by atomic mass is 35.5. The van der Waals surface area contributed by atoms with Crippen LogP contribution in [0.1, 0.15) is 39.2 Å². The van der Waals surface area contributed by atoms with Gasteiger partial charge in [0.25, 0.3) is 0 Å². The first-order chi connectivity index (χ1) is 17.9. The van der Waals surface area contributed by atoms with Crippen molar-refractivity contribution in [3.63, 3.8) is 0 Å². The van der Waals surface area contributed by atoms with Crippen LogP contribution in [0.5, 0.6) is 11.5 Å². The second-order valence-electron chi connectivity index (χ2n) is 8.81. The van der Waals surface area contributed by atoms with Crippen molar-refractivity contribution in [2.24, 2.45) is 0 Å². The van der Waals surface area contributed by atoms with Crippen LogP contribution in [-0.4, -0.2) is 64.2 Å². The molecule has 0 aliphatic heterocycles. The number of nitrogens with one attached hydrogen (secondary N) is 1. The number of anilines is 1. The molecule has 0 unspecified atom stereocenters. The van der Waals surface area contributed by atoms with E-state index < -0.39 is 28.5 Å². The Labute approximate surface area is 235 Å². The molecule has 0 saturated carbocycles. The number of sulfonamides is 1. The fraction of sp³-hybridized carbons (Fsp3) is 0.462. The molecule has 0 aromatic heterocycles. The van der Waals surface area contributed by atoms with Gasteiger partial charge in [-0.1, -0.05) is 43.1 Å². The summed E-state index contributed by atoms with van der Waals surface area (Å²) in [7, 11) is -1.02. The Kier molecular flexibility index (Phi) is 11.5. The van der Waals surface area contributed by atoms with Gasteiger partial charge in [0.05, 0.1) is 26.2 Å². The molecule has 2 aromatic carbocycles. The van der Waals surface area contributed by atoms with Crippen molar-refractivity contribution in [1.29, 1.82) is 0 Å². The molecule has 0 radical (unpaired) electrons. The number of hydrogen-bond acceptors (Lipinski definition) is 6. The monoisotopic (exact) mass is 587 g/mol. The minimum Gasteiger partial charge on any atom is -0.493 e. The molecule has 9 nitrogen and oxygen atoms in total. The van der Waals surface area contributed by atoms with Gasteiger partial charge in [-0.3, -0.25) is 13.9 Å². The Bertz CT molecular complexity index is 1240. The number of carbonyl (C=O) groups is 2. The molecule has 1 N–H and O–H groups in total. The van der Waals surface area contributed by atoms with E-state index in [0.29, 0.717) is 39.9 Å². The van der Waals surface area contributed by atoms with Gasteiger partial charge in [0.15, 0.2) is 11.5 Å². The van der Waals surface area contributed by atoms with Crippen LogP contribution in [0.3, 0.4) is 0 Å². The minimum atomic E-state index is -3.91. The number of ether oxygens (including phenoxy) is 2. The number of amides is 2. The minimum absolute atomic E-state index is 0.0230. The average Bonchev–Trinajstić information content (AvgIpc) is 2.86. The molecule has 38 heavy (non-hydrogen) atoms. The summed E-state index contributed by atoms with van der Waals surface area (Å²) in [4.78, 5) is 28.4. The molecule has 210 valence electrons. The Morgan fingerprint density at radius 1 is 1.00 bits per heavy atom. The molecule has 2 atom stereocenters. The lowest BCUT2D eigenvalue weighted by atomic mass is 10.1. The molecule has 2 aromatic rings. The lowest BCUT2D eigenvalue weighted by Gasteiger charge is -2.33. The molecule has 0 fully saturated rings. The summed E-state index contributed by atoms with van der Waals surface area (Å²) in [6, 6.07) is 8.43. The maximum absolute atomic E-state index is 13.8. The Morgan fingerprint density at radius 2 is 1.66 bits per heavy atom. The van der Waals surface area contributed by atoms with Crippen LogP contribution in [0.2, 0.25) is 10.0 Å². The van der Waals surface area contributed by atoms with Crippen molar-refractivity contribution in [3.05, 3.63) is 52.0 Å². The average molecular weight is 589 g/mol. The van der Waals surface area contributed by atoms with E-state index in [-0.39, 0.29) is 24.2 Å². The normalized spacial score (nSPS) is 12.8. The number of methoxy groups -OCH3 is 2. The molecular weight excluding hydrogens is 553 g/mol. The van der Waals surface area contributed by atoms with Gasteiger partial charge < -0.3 is 19.7 Å². The number of nitrogens with zero attached hydrogens (tertiary/aromatic N) is 2. The lowest BCUT2D eigenvalue weighted by Crippen LogP contribution is -2.53. The van der Waals surface area contributed by atoms with Gasteiger partial charge >= 0.3 is 0 Å². The molecule has 12 heteroatoms. The third-order valence-corrected chi connectivity index (χ3v) is 7.80. The van der Waals surface area contributed by atoms with Crippen LogP contribution in [0, 0.1) is 0 Å². The van der Waals surface area contributed by atoms with Gasteiger partial charge in [-0.25, -0.2) is 8.42 Å². The van der Waals surface area contributed by atoms with Crippen LogP contribution >= 0.6 is 23.2 Å². The maximum Gasteiger partial charge on any atom is 0.244 e. The first kappa shape index (κ1) is 31.5. The lowest BCUT2D eigenvalue weighted by molar-refractivity contribution is -0.140. The topological polar surface area (TPSA) is 105 Å². The fourth-order valence-corrected chi connectivity index (χ4v) is 5.10. The maximum atomic E-state index is 13.8. The number of rotatable bonds is 13. The Morgan fingerprint density at radius 3 is 2.18 bits per heavy atom. The first-order valence-electron chi connectivity index (χ1n) is 12.1.